The molecule has 9 heteroatoms. The summed E-state index contributed by atoms with van der Waals surface area (Å²) < 4.78 is 54.5. The van der Waals surface area contributed by atoms with Crippen molar-refractivity contribution in [3.05, 3.63) is 78.1 Å². The van der Waals surface area contributed by atoms with Crippen molar-refractivity contribution in [3.63, 3.8) is 0 Å². The fourth-order valence-corrected chi connectivity index (χ4v) is 4.46. The van der Waals surface area contributed by atoms with Crippen LogP contribution in [0.25, 0.3) is 0 Å². The molecule has 0 radical (unpaired) electrons. The lowest BCUT2D eigenvalue weighted by Crippen LogP contribution is -2.10. The largest absolute Gasteiger partial charge is 0.379 e. The van der Waals surface area contributed by atoms with Gasteiger partial charge in [0.2, 0.25) is 0 Å². The van der Waals surface area contributed by atoms with Crippen LogP contribution < -0.4 is 4.18 Å². The lowest BCUT2D eigenvalue weighted by atomic mass is 10.2. The molecule has 0 aliphatic carbocycles. The minimum absolute atomic E-state index is 0.0208. The van der Waals surface area contributed by atoms with Gasteiger partial charge in [0.25, 0.3) is 0 Å². The third-order valence-electron chi connectivity index (χ3n) is 3.66. The zero-order valence-corrected chi connectivity index (χ0v) is 15.9. The van der Waals surface area contributed by atoms with E-state index in [-0.39, 0.29) is 21.3 Å². The predicted octanol–water partition coefficient (Wildman–Crippen LogP) is 2.53. The van der Waals surface area contributed by atoms with Gasteiger partial charge in [-0.25, -0.2) is 8.42 Å². The molecule has 0 aliphatic heterocycles. The molecule has 0 fully saturated rings. The normalized spacial score (nSPS) is 11.9. The van der Waals surface area contributed by atoms with Crippen molar-refractivity contribution in [2.75, 3.05) is 0 Å². The number of hydrogen-bond donors (Lipinski definition) is 0. The van der Waals surface area contributed by atoms with Gasteiger partial charge < -0.3 is 4.18 Å². The Morgan fingerprint density at radius 3 is 2.07 bits per heavy atom. The van der Waals surface area contributed by atoms with E-state index in [0.29, 0.717) is 5.69 Å². The fraction of sp³-hybridized carbons (Fsp3) is 0.111. The van der Waals surface area contributed by atoms with Crippen LogP contribution in [0.15, 0.2) is 76.7 Å². The Kier molecular flexibility index (Phi) is 5.24. The van der Waals surface area contributed by atoms with E-state index in [4.69, 9.17) is 4.18 Å². The van der Waals surface area contributed by atoms with E-state index in [1.165, 1.54) is 42.6 Å². The number of benzene rings is 2. The van der Waals surface area contributed by atoms with E-state index >= 15 is 0 Å². The van der Waals surface area contributed by atoms with Crippen LogP contribution in [0.3, 0.4) is 0 Å². The highest BCUT2D eigenvalue weighted by Gasteiger charge is 2.19. The molecule has 0 amide bonds. The molecule has 3 rings (SSSR count). The molecule has 0 aliphatic rings. The molecule has 2 aromatic carbocycles. The summed E-state index contributed by atoms with van der Waals surface area (Å²) in [4.78, 5) is 0.0562. The molecule has 0 N–H and O–H groups in total. The standard InChI is InChI=1S/C18H16N2O5S2/c1-14-4-8-18(9-5-14)27(23,24)25-16-6-10-17(11-7-16)26(21,22)13-15-3-2-12-19-20-15/h2-12H,13H2,1H3. The second-order valence-electron chi connectivity index (χ2n) is 5.80. The highest BCUT2D eigenvalue weighted by molar-refractivity contribution is 7.90. The minimum atomic E-state index is -3.99. The summed E-state index contributed by atoms with van der Waals surface area (Å²) in [5.74, 6) is -0.281. The Hall–Kier alpha value is -2.78. The van der Waals surface area contributed by atoms with E-state index in [9.17, 15) is 16.8 Å². The van der Waals surface area contributed by atoms with Crippen LogP contribution in [0.1, 0.15) is 11.3 Å². The first-order chi connectivity index (χ1) is 12.8. The molecule has 140 valence electrons. The van der Waals surface area contributed by atoms with E-state index < -0.39 is 20.0 Å². The number of aryl methyl sites for hydroxylation is 1. The molecule has 1 aromatic heterocycles. The van der Waals surface area contributed by atoms with E-state index in [1.807, 2.05) is 6.92 Å². The molecular formula is C18H16N2O5S2. The molecule has 0 bridgehead atoms. The zero-order chi connectivity index (χ0) is 19.5. The fourth-order valence-electron chi connectivity index (χ4n) is 2.27. The smallest absolute Gasteiger partial charge is 0.339 e. The van der Waals surface area contributed by atoms with Crippen LogP contribution in [0.2, 0.25) is 0 Å². The Balaban J connectivity index is 1.78. The first-order valence-electron chi connectivity index (χ1n) is 7.87. The average Bonchev–Trinajstić information content (AvgIpc) is 2.63. The summed E-state index contributed by atoms with van der Waals surface area (Å²) in [5, 5.41) is 7.41. The maximum absolute atomic E-state index is 12.4. The van der Waals surface area contributed by atoms with Gasteiger partial charge in [-0.3, -0.25) is 0 Å². The van der Waals surface area contributed by atoms with Gasteiger partial charge in [-0.15, -0.1) is 0 Å². The molecule has 0 saturated carbocycles. The van der Waals surface area contributed by atoms with Gasteiger partial charge in [-0.2, -0.15) is 18.6 Å². The highest BCUT2D eigenvalue weighted by atomic mass is 32.2. The van der Waals surface area contributed by atoms with Crippen molar-refractivity contribution in [1.29, 1.82) is 0 Å². The van der Waals surface area contributed by atoms with E-state index in [0.717, 1.165) is 5.56 Å². The summed E-state index contributed by atoms with van der Waals surface area (Å²) in [6.07, 6.45) is 1.46. The lowest BCUT2D eigenvalue weighted by molar-refractivity contribution is 0.486. The molecule has 27 heavy (non-hydrogen) atoms. The highest BCUT2D eigenvalue weighted by Crippen LogP contribution is 2.22. The molecule has 0 atom stereocenters. The quantitative estimate of drug-likeness (QED) is 0.582. The minimum Gasteiger partial charge on any atom is -0.379 e. The maximum Gasteiger partial charge on any atom is 0.339 e. The summed E-state index contributed by atoms with van der Waals surface area (Å²) in [5.41, 5.74) is 1.24. The van der Waals surface area contributed by atoms with Crippen molar-refractivity contribution in [2.45, 2.75) is 22.5 Å². The van der Waals surface area contributed by atoms with Gasteiger partial charge in [0.05, 0.1) is 16.3 Å². The average molecular weight is 404 g/mol. The number of rotatable bonds is 6. The van der Waals surface area contributed by atoms with Crippen molar-refractivity contribution in [3.8, 4) is 5.75 Å². The molecule has 3 aromatic rings. The monoisotopic (exact) mass is 404 g/mol. The summed E-state index contributed by atoms with van der Waals surface area (Å²) >= 11 is 0. The van der Waals surface area contributed by atoms with Crippen LogP contribution >= 0.6 is 0 Å². The summed E-state index contributed by atoms with van der Waals surface area (Å²) in [7, 11) is -7.63. The van der Waals surface area contributed by atoms with Crippen molar-refractivity contribution in [1.82, 2.24) is 10.2 Å². The van der Waals surface area contributed by atoms with E-state index in [1.54, 1.807) is 24.3 Å². The molecule has 1 heterocycles. The molecule has 7 nitrogen and oxygen atoms in total. The Morgan fingerprint density at radius 2 is 1.48 bits per heavy atom. The van der Waals surface area contributed by atoms with Crippen molar-refractivity contribution >= 4 is 20.0 Å². The molecule has 0 unspecified atom stereocenters. The second-order valence-corrected chi connectivity index (χ2v) is 9.33. The third kappa shape index (κ3) is 4.69. The van der Waals surface area contributed by atoms with Gasteiger partial charge in [0, 0.05) is 6.20 Å². The second kappa shape index (κ2) is 7.45. The van der Waals surface area contributed by atoms with Crippen LogP contribution in [0.5, 0.6) is 5.75 Å². The molecule has 0 saturated heterocycles. The number of hydrogen-bond acceptors (Lipinski definition) is 7. The summed E-state index contributed by atoms with van der Waals surface area (Å²) in [6, 6.07) is 14.6. The lowest BCUT2D eigenvalue weighted by Gasteiger charge is -2.08. The Morgan fingerprint density at radius 1 is 0.852 bits per heavy atom. The van der Waals surface area contributed by atoms with Crippen molar-refractivity contribution < 1.29 is 21.0 Å². The van der Waals surface area contributed by atoms with Crippen molar-refractivity contribution in [2.24, 2.45) is 0 Å². The number of nitrogens with zero attached hydrogens (tertiary/aromatic N) is 2. The SMILES string of the molecule is Cc1ccc(S(=O)(=O)Oc2ccc(S(=O)(=O)Cc3cccnn3)cc2)cc1. The van der Waals surface area contributed by atoms with Gasteiger partial charge in [0.15, 0.2) is 9.84 Å². The van der Waals surface area contributed by atoms with Crippen LogP contribution in [0.4, 0.5) is 0 Å². The first kappa shape index (κ1) is 19.0. The van der Waals surface area contributed by atoms with Gasteiger partial charge >= 0.3 is 10.1 Å². The maximum atomic E-state index is 12.4. The zero-order valence-electron chi connectivity index (χ0n) is 14.3. The van der Waals surface area contributed by atoms with Gasteiger partial charge in [0.1, 0.15) is 10.6 Å². The van der Waals surface area contributed by atoms with Crippen LogP contribution in [-0.2, 0) is 25.7 Å². The van der Waals surface area contributed by atoms with Crippen LogP contribution in [0, 0.1) is 6.92 Å². The predicted molar refractivity (Wildman–Crippen MR) is 98.4 cm³/mol. The Bertz CT molecular complexity index is 1130. The first-order valence-corrected chi connectivity index (χ1v) is 10.9. The Labute approximate surface area is 157 Å². The summed E-state index contributed by atoms with van der Waals surface area (Å²) in [6.45, 7) is 1.84. The molecular weight excluding hydrogens is 388 g/mol. The van der Waals surface area contributed by atoms with Crippen LogP contribution in [-0.4, -0.2) is 27.0 Å². The number of sulfone groups is 1. The van der Waals surface area contributed by atoms with Gasteiger partial charge in [-0.1, -0.05) is 17.7 Å². The third-order valence-corrected chi connectivity index (χ3v) is 6.59. The molecule has 0 spiro atoms. The van der Waals surface area contributed by atoms with E-state index in [2.05, 4.69) is 10.2 Å². The topological polar surface area (TPSA) is 103 Å². The van der Waals surface area contributed by atoms with Gasteiger partial charge in [-0.05, 0) is 55.5 Å². The number of aromatic nitrogens is 2.